The van der Waals surface area contributed by atoms with Crippen molar-refractivity contribution in [3.05, 3.63) is 186 Å². The van der Waals surface area contributed by atoms with E-state index in [-0.39, 0.29) is 5.41 Å². The number of benzene rings is 6. The maximum atomic E-state index is 6.38. The van der Waals surface area contributed by atoms with Gasteiger partial charge in [-0.2, -0.15) is 0 Å². The Hall–Kier alpha value is -6.25. The molecule has 2 unspecified atom stereocenters. The van der Waals surface area contributed by atoms with E-state index in [9.17, 15) is 0 Å². The van der Waals surface area contributed by atoms with Gasteiger partial charge in [-0.3, -0.25) is 0 Å². The van der Waals surface area contributed by atoms with Crippen LogP contribution in [0.5, 0.6) is 0 Å². The molecule has 8 aromatic rings. The lowest BCUT2D eigenvalue weighted by Gasteiger charge is -2.22. The monoisotopic (exact) mass is 679 g/mol. The molecule has 2 aromatic heterocycles. The molecule has 0 bridgehead atoms. The summed E-state index contributed by atoms with van der Waals surface area (Å²) in [6.45, 7) is 4.74. The van der Waals surface area contributed by atoms with Crippen molar-refractivity contribution < 1.29 is 4.42 Å². The smallest absolute Gasteiger partial charge is 0.143 e. The summed E-state index contributed by atoms with van der Waals surface area (Å²) in [6.07, 6.45) is 6.20. The minimum Gasteiger partial charge on any atom is -0.455 e. The number of fused-ring (bicyclic) bond motifs is 7. The third-order valence-corrected chi connectivity index (χ3v) is 12.0. The minimum absolute atomic E-state index is 0.0164. The topological polar surface area (TPSA) is 26.0 Å². The Labute approximate surface area is 309 Å². The van der Waals surface area contributed by atoms with Gasteiger partial charge in [0, 0.05) is 32.9 Å². The Balaban J connectivity index is 1.02. The molecule has 2 heterocycles. The van der Waals surface area contributed by atoms with Gasteiger partial charge in [-0.05, 0) is 86.5 Å². The van der Waals surface area contributed by atoms with Gasteiger partial charge in [-0.1, -0.05) is 159 Å². The summed E-state index contributed by atoms with van der Waals surface area (Å²) < 4.78 is 6.38. The van der Waals surface area contributed by atoms with Gasteiger partial charge in [-0.15, -0.1) is 0 Å². The molecule has 6 aromatic carbocycles. The van der Waals surface area contributed by atoms with E-state index in [1.54, 1.807) is 0 Å². The maximum Gasteiger partial charge on any atom is 0.143 e. The van der Waals surface area contributed by atoms with Gasteiger partial charge in [0.25, 0.3) is 0 Å². The normalized spacial score (nSPS) is 17.9. The van der Waals surface area contributed by atoms with E-state index in [1.165, 1.54) is 50.9 Å². The van der Waals surface area contributed by atoms with Crippen LogP contribution in [0.25, 0.3) is 77.9 Å². The third kappa shape index (κ3) is 4.75. The van der Waals surface area contributed by atoms with Crippen LogP contribution in [0, 0.1) is 11.8 Å². The fourth-order valence-corrected chi connectivity index (χ4v) is 9.16. The number of aromatic nitrogens is 1. The summed E-state index contributed by atoms with van der Waals surface area (Å²) in [5, 5.41) is 2.29. The Bertz CT molecular complexity index is 2830. The quantitative estimate of drug-likeness (QED) is 0.181. The van der Waals surface area contributed by atoms with Crippen LogP contribution in [0.2, 0.25) is 0 Å². The molecule has 0 aliphatic heterocycles. The largest absolute Gasteiger partial charge is 0.455 e. The van der Waals surface area contributed by atoms with Crippen LogP contribution in [-0.4, -0.2) is 4.98 Å². The summed E-state index contributed by atoms with van der Waals surface area (Å²) in [5.41, 5.74) is 19.2. The summed E-state index contributed by atoms with van der Waals surface area (Å²) in [7, 11) is 0. The molecule has 0 saturated heterocycles. The fourth-order valence-electron chi connectivity index (χ4n) is 9.16. The molecule has 3 aliphatic rings. The number of furan rings is 1. The molecular weight excluding hydrogens is 643 g/mol. The average Bonchev–Trinajstić information content (AvgIpc) is 3.85. The van der Waals surface area contributed by atoms with Crippen LogP contribution >= 0.6 is 0 Å². The molecular formula is C51H37NO. The predicted octanol–water partition coefficient (Wildman–Crippen LogP) is 13.4. The summed E-state index contributed by atoms with van der Waals surface area (Å²) in [5.74, 6) is 1.13. The molecule has 0 amide bonds. The standard InChI is InChI=1S/C51H37NO/c1-51(2)44-19-8-6-15-41(44)49-39(17-11-20-45(49)51)43-27-34(26-36-28-42(36)43)35-29-46(32-12-4-3-5-13-32)52-47(30-35)33-24-22-31(23-25-33)37-16-10-18-40-38-14-7-9-21-48(38)53-50(37)40/h3-27,29-30,36,42H,28H2,1-2H3. The molecule has 252 valence electrons. The lowest BCUT2D eigenvalue weighted by atomic mass is 9.81. The minimum atomic E-state index is -0.0164. The van der Waals surface area contributed by atoms with Crippen LogP contribution in [0.4, 0.5) is 0 Å². The lowest BCUT2D eigenvalue weighted by molar-refractivity contribution is 0.660. The molecule has 2 heteroatoms. The number of hydrogen-bond acceptors (Lipinski definition) is 2. The number of allylic oxidation sites excluding steroid dienone is 4. The van der Waals surface area contributed by atoms with Crippen LogP contribution in [-0.2, 0) is 5.41 Å². The first kappa shape index (κ1) is 30.4. The van der Waals surface area contributed by atoms with Crippen molar-refractivity contribution in [2.24, 2.45) is 11.8 Å². The van der Waals surface area contributed by atoms with E-state index in [2.05, 4.69) is 166 Å². The van der Waals surface area contributed by atoms with Gasteiger partial charge in [0.1, 0.15) is 11.2 Å². The van der Waals surface area contributed by atoms with E-state index < -0.39 is 0 Å². The molecule has 2 atom stereocenters. The fraction of sp³-hybridized carbons (Fsp3) is 0.118. The Morgan fingerprint density at radius 1 is 0.566 bits per heavy atom. The average molecular weight is 680 g/mol. The van der Waals surface area contributed by atoms with Gasteiger partial charge in [0.05, 0.1) is 11.4 Å². The van der Waals surface area contributed by atoms with Crippen molar-refractivity contribution in [2.45, 2.75) is 25.7 Å². The third-order valence-electron chi connectivity index (χ3n) is 12.0. The zero-order chi connectivity index (χ0) is 35.3. The van der Waals surface area contributed by atoms with Crippen molar-refractivity contribution >= 4 is 33.1 Å². The zero-order valence-electron chi connectivity index (χ0n) is 29.8. The van der Waals surface area contributed by atoms with E-state index in [0.29, 0.717) is 11.8 Å². The molecule has 3 aliphatic carbocycles. The summed E-state index contributed by atoms with van der Waals surface area (Å²) >= 11 is 0. The highest BCUT2D eigenvalue weighted by Gasteiger charge is 2.44. The molecule has 0 radical (unpaired) electrons. The van der Waals surface area contributed by atoms with Crippen molar-refractivity contribution in [2.75, 3.05) is 0 Å². The maximum absolute atomic E-state index is 6.38. The van der Waals surface area contributed by atoms with Crippen molar-refractivity contribution in [1.29, 1.82) is 0 Å². The molecule has 0 N–H and O–H groups in total. The first-order chi connectivity index (χ1) is 26.0. The molecule has 1 saturated carbocycles. The highest BCUT2D eigenvalue weighted by molar-refractivity contribution is 6.09. The molecule has 53 heavy (non-hydrogen) atoms. The number of nitrogens with zero attached hydrogens (tertiary/aromatic N) is 1. The van der Waals surface area contributed by atoms with Gasteiger partial charge in [-0.25, -0.2) is 4.98 Å². The first-order valence-corrected chi connectivity index (χ1v) is 18.8. The molecule has 0 spiro atoms. The lowest BCUT2D eigenvalue weighted by Crippen LogP contribution is -2.14. The van der Waals surface area contributed by atoms with Crippen LogP contribution in [0.15, 0.2) is 168 Å². The highest BCUT2D eigenvalue weighted by Crippen LogP contribution is 2.58. The zero-order valence-corrected chi connectivity index (χ0v) is 29.8. The SMILES string of the molecule is CC1(C)c2ccccc2-c2c(C3=CC(c4cc(-c5ccccc5)nc(-c5ccc(-c6cccc7c6oc6ccccc67)cc5)c4)=CC4CC34)cccc21. The Morgan fingerprint density at radius 3 is 2.06 bits per heavy atom. The van der Waals surface area contributed by atoms with Crippen LogP contribution < -0.4 is 0 Å². The van der Waals surface area contributed by atoms with Crippen molar-refractivity contribution in [3.63, 3.8) is 0 Å². The van der Waals surface area contributed by atoms with Crippen LogP contribution in [0.1, 0.15) is 42.5 Å². The predicted molar refractivity (Wildman–Crippen MR) is 219 cm³/mol. The van der Waals surface area contributed by atoms with Crippen molar-refractivity contribution in [3.8, 4) is 44.8 Å². The number of pyridine rings is 1. The van der Waals surface area contributed by atoms with Gasteiger partial charge >= 0.3 is 0 Å². The first-order valence-electron chi connectivity index (χ1n) is 18.8. The summed E-state index contributed by atoms with van der Waals surface area (Å²) in [6, 6.07) is 54.7. The van der Waals surface area contributed by atoms with E-state index in [1.807, 2.05) is 12.1 Å². The van der Waals surface area contributed by atoms with E-state index in [4.69, 9.17) is 9.40 Å². The molecule has 1 fully saturated rings. The number of para-hydroxylation sites is 2. The second kappa shape index (κ2) is 11.4. The Kier molecular flexibility index (Phi) is 6.52. The van der Waals surface area contributed by atoms with E-state index >= 15 is 0 Å². The van der Waals surface area contributed by atoms with E-state index in [0.717, 1.165) is 55.6 Å². The van der Waals surface area contributed by atoms with Gasteiger partial charge in [0.15, 0.2) is 0 Å². The second-order valence-corrected chi connectivity index (χ2v) is 15.5. The number of hydrogen-bond donors (Lipinski definition) is 0. The second-order valence-electron chi connectivity index (χ2n) is 15.5. The molecule has 2 nitrogen and oxygen atoms in total. The summed E-state index contributed by atoms with van der Waals surface area (Å²) in [4.78, 5) is 5.28. The van der Waals surface area contributed by atoms with Gasteiger partial charge in [0.2, 0.25) is 0 Å². The van der Waals surface area contributed by atoms with Gasteiger partial charge < -0.3 is 4.42 Å². The number of rotatable bonds is 5. The van der Waals surface area contributed by atoms with Crippen LogP contribution in [0.3, 0.4) is 0 Å². The molecule has 11 rings (SSSR count). The van der Waals surface area contributed by atoms with Crippen molar-refractivity contribution in [1.82, 2.24) is 4.98 Å². The Morgan fingerprint density at radius 2 is 1.21 bits per heavy atom. The highest BCUT2D eigenvalue weighted by atomic mass is 16.3.